The van der Waals surface area contributed by atoms with Crippen molar-refractivity contribution in [1.29, 1.82) is 0 Å². The van der Waals surface area contributed by atoms with Crippen molar-refractivity contribution in [2.45, 2.75) is 6.92 Å². The first-order valence-electron chi connectivity index (χ1n) is 2.41. The van der Waals surface area contributed by atoms with Crippen molar-refractivity contribution in [3.63, 3.8) is 0 Å². The van der Waals surface area contributed by atoms with Crippen LogP contribution in [0.3, 0.4) is 0 Å². The molecule has 0 atom stereocenters. The van der Waals surface area contributed by atoms with Crippen LogP contribution in [0.25, 0.3) is 0 Å². The second-order valence-corrected chi connectivity index (χ2v) is 1.65. The quantitative estimate of drug-likeness (QED) is 0.403. The molecule has 0 aliphatic rings. The van der Waals surface area contributed by atoms with E-state index in [4.69, 9.17) is 0 Å². The van der Waals surface area contributed by atoms with Crippen LogP contribution in [0, 0.1) is 6.92 Å². The van der Waals surface area contributed by atoms with Gasteiger partial charge in [-0.2, -0.15) is 0 Å². The lowest BCUT2D eigenvalue weighted by Crippen LogP contribution is -3.00. The van der Waals surface area contributed by atoms with Crippen molar-refractivity contribution < 1.29 is 4.70 Å². The van der Waals surface area contributed by atoms with Crippen LogP contribution < -0.4 is 4.70 Å². The maximum absolute atomic E-state index is 2.08. The molecule has 0 aliphatic carbocycles. The van der Waals surface area contributed by atoms with Gasteiger partial charge in [0.05, 0.1) is 0 Å². The lowest BCUT2D eigenvalue weighted by molar-refractivity contribution is -0.00000150. The minimum absolute atomic E-state index is 0. The highest BCUT2D eigenvalue weighted by molar-refractivity contribution is 5.11. The van der Waals surface area contributed by atoms with Crippen LogP contribution in [0.1, 0.15) is 5.56 Å². The minimum Gasteiger partial charge on any atom is -1.00 e. The standard InChI is InChI=1S/C7H8.FH/c1-7-5-3-2-4-6-7;/h2-6H,1H3;1H/p-1. The van der Waals surface area contributed by atoms with Crippen LogP contribution in [0.4, 0.5) is 0 Å². The second kappa shape index (κ2) is 3.19. The Morgan fingerprint density at radius 3 is 1.75 bits per heavy atom. The highest BCUT2D eigenvalue weighted by Gasteiger charge is 1.72. The Morgan fingerprint density at radius 1 is 1.00 bits per heavy atom. The van der Waals surface area contributed by atoms with Gasteiger partial charge in [0.2, 0.25) is 0 Å². The lowest BCUT2D eigenvalue weighted by Gasteiger charge is -1.82. The summed E-state index contributed by atoms with van der Waals surface area (Å²) in [5.74, 6) is 0. The van der Waals surface area contributed by atoms with E-state index in [0.717, 1.165) is 0 Å². The van der Waals surface area contributed by atoms with Gasteiger partial charge in [-0.05, 0) is 6.92 Å². The van der Waals surface area contributed by atoms with E-state index in [1.807, 2.05) is 18.2 Å². The molecule has 0 nitrogen and oxygen atoms in total. The molecule has 0 amide bonds. The van der Waals surface area contributed by atoms with Crippen LogP contribution in [-0.4, -0.2) is 0 Å². The third kappa shape index (κ3) is 1.73. The summed E-state index contributed by atoms with van der Waals surface area (Å²) >= 11 is 0. The smallest absolute Gasteiger partial charge is 0.0398 e. The normalized spacial score (nSPS) is 7.62. The molecule has 0 heterocycles. The molecule has 44 valence electrons. The monoisotopic (exact) mass is 111 g/mol. The van der Waals surface area contributed by atoms with Gasteiger partial charge in [0.1, 0.15) is 0 Å². The maximum atomic E-state index is 2.08. The van der Waals surface area contributed by atoms with Crippen LogP contribution >= 0.6 is 0 Å². The number of rotatable bonds is 0. The molecule has 0 bridgehead atoms. The molecule has 0 unspecified atom stereocenters. The Morgan fingerprint density at radius 2 is 1.50 bits per heavy atom. The molecular weight excluding hydrogens is 103 g/mol. The first-order chi connectivity index (χ1) is 3.39. The number of hydrogen-bond acceptors (Lipinski definition) is 0. The number of aryl methyl sites for hydroxylation is 1. The van der Waals surface area contributed by atoms with Gasteiger partial charge in [-0.3, -0.25) is 0 Å². The third-order valence-electron chi connectivity index (χ3n) is 0.940. The molecule has 1 aromatic carbocycles. The lowest BCUT2D eigenvalue weighted by atomic mass is 10.2. The van der Waals surface area contributed by atoms with Gasteiger partial charge in [-0.25, -0.2) is 0 Å². The summed E-state index contributed by atoms with van der Waals surface area (Å²) < 4.78 is 0. The van der Waals surface area contributed by atoms with Crippen molar-refractivity contribution in [3.8, 4) is 0 Å². The van der Waals surface area contributed by atoms with E-state index >= 15 is 0 Å². The highest BCUT2D eigenvalue weighted by atomic mass is 19.0. The number of halogens is 1. The van der Waals surface area contributed by atoms with Crippen LogP contribution in [-0.2, 0) is 0 Å². The van der Waals surface area contributed by atoms with E-state index in [1.54, 1.807) is 0 Å². The summed E-state index contributed by atoms with van der Waals surface area (Å²) in [5, 5.41) is 0. The Hall–Kier alpha value is -0.850. The van der Waals surface area contributed by atoms with Crippen molar-refractivity contribution in [3.05, 3.63) is 35.9 Å². The Labute approximate surface area is 48.5 Å². The molecule has 0 spiro atoms. The average Bonchev–Trinajstić information content (AvgIpc) is 1.69. The minimum atomic E-state index is 0. The van der Waals surface area contributed by atoms with E-state index in [1.165, 1.54) is 5.56 Å². The Balaban J connectivity index is 0.000000490. The zero-order valence-electron chi connectivity index (χ0n) is 4.76. The van der Waals surface area contributed by atoms with Gasteiger partial charge in [0, 0.05) is 0 Å². The molecule has 0 radical (unpaired) electrons. The molecule has 1 heteroatoms. The van der Waals surface area contributed by atoms with Gasteiger partial charge >= 0.3 is 0 Å². The van der Waals surface area contributed by atoms with Crippen molar-refractivity contribution in [2.24, 2.45) is 0 Å². The predicted molar refractivity (Wildman–Crippen MR) is 31.2 cm³/mol. The maximum Gasteiger partial charge on any atom is -0.0398 e. The molecule has 0 aliphatic heterocycles. The Bertz CT molecular complexity index is 134. The molecule has 1 aromatic rings. The van der Waals surface area contributed by atoms with Crippen LogP contribution in [0.15, 0.2) is 30.3 Å². The topological polar surface area (TPSA) is 0 Å². The molecule has 0 N–H and O–H groups in total. The number of benzene rings is 1. The van der Waals surface area contributed by atoms with E-state index in [9.17, 15) is 0 Å². The molecular formula is C7H8F-. The van der Waals surface area contributed by atoms with Gasteiger partial charge < -0.3 is 4.70 Å². The number of hydrogen-bond donors (Lipinski definition) is 0. The molecule has 0 saturated carbocycles. The SMILES string of the molecule is Cc1ccccc1.[F-]. The fourth-order valence-electron chi connectivity index (χ4n) is 0.534. The molecule has 0 aromatic heterocycles. The zero-order chi connectivity index (χ0) is 5.11. The molecule has 0 fully saturated rings. The molecule has 8 heavy (non-hydrogen) atoms. The summed E-state index contributed by atoms with van der Waals surface area (Å²) in [6, 6.07) is 10.3. The summed E-state index contributed by atoms with van der Waals surface area (Å²) in [6.07, 6.45) is 0. The van der Waals surface area contributed by atoms with Crippen LogP contribution in [0.2, 0.25) is 0 Å². The van der Waals surface area contributed by atoms with Gasteiger partial charge in [-0.1, -0.05) is 35.9 Å². The Kier molecular flexibility index (Phi) is 2.85. The largest absolute Gasteiger partial charge is 1.00 e. The predicted octanol–water partition coefficient (Wildman–Crippen LogP) is -1.00. The van der Waals surface area contributed by atoms with Gasteiger partial charge in [0.15, 0.2) is 0 Å². The van der Waals surface area contributed by atoms with Gasteiger partial charge in [-0.15, -0.1) is 0 Å². The zero-order valence-corrected chi connectivity index (χ0v) is 4.76. The van der Waals surface area contributed by atoms with Crippen molar-refractivity contribution in [1.82, 2.24) is 0 Å². The summed E-state index contributed by atoms with van der Waals surface area (Å²) in [4.78, 5) is 0. The molecule has 0 saturated heterocycles. The van der Waals surface area contributed by atoms with Gasteiger partial charge in [0.25, 0.3) is 0 Å². The van der Waals surface area contributed by atoms with Crippen molar-refractivity contribution >= 4 is 0 Å². The van der Waals surface area contributed by atoms with Crippen LogP contribution in [0.5, 0.6) is 0 Å². The first-order valence-corrected chi connectivity index (χ1v) is 2.41. The fourth-order valence-corrected chi connectivity index (χ4v) is 0.534. The van der Waals surface area contributed by atoms with E-state index in [-0.39, 0.29) is 4.70 Å². The summed E-state index contributed by atoms with van der Waals surface area (Å²) in [7, 11) is 0. The third-order valence-corrected chi connectivity index (χ3v) is 0.940. The summed E-state index contributed by atoms with van der Waals surface area (Å²) in [6.45, 7) is 2.08. The highest BCUT2D eigenvalue weighted by Crippen LogP contribution is 1.92. The van der Waals surface area contributed by atoms with Crippen molar-refractivity contribution in [2.75, 3.05) is 0 Å². The average molecular weight is 111 g/mol. The second-order valence-electron chi connectivity index (χ2n) is 1.65. The van der Waals surface area contributed by atoms with E-state index in [2.05, 4.69) is 19.1 Å². The summed E-state index contributed by atoms with van der Waals surface area (Å²) in [5.41, 5.74) is 1.32. The van der Waals surface area contributed by atoms with E-state index in [0.29, 0.717) is 0 Å². The first kappa shape index (κ1) is 7.15. The van der Waals surface area contributed by atoms with E-state index < -0.39 is 0 Å². The fraction of sp³-hybridized carbons (Fsp3) is 0.143. The molecule has 1 rings (SSSR count).